The first-order valence-electron chi connectivity index (χ1n) is 6.74. The zero-order valence-corrected chi connectivity index (χ0v) is 12.5. The number of alkyl carbamates (subject to hydrolysis) is 1. The molecule has 0 saturated carbocycles. The minimum absolute atomic E-state index is 0.161. The number of aromatic nitrogens is 1. The predicted octanol–water partition coefficient (Wildman–Crippen LogP) is 0.973. The number of nitrogens with two attached hydrogens (primary N) is 1. The van der Waals surface area contributed by atoms with Crippen molar-refractivity contribution in [3.8, 4) is 0 Å². The number of pyridine rings is 1. The number of hydrogen-bond donors (Lipinski definition) is 4. The van der Waals surface area contributed by atoms with Crippen molar-refractivity contribution in [2.45, 2.75) is 45.0 Å². The predicted molar refractivity (Wildman–Crippen MR) is 78.5 cm³/mol. The number of nitrogen functional groups attached to an aromatic ring is 1. The highest BCUT2D eigenvalue weighted by molar-refractivity contribution is 5.67. The Morgan fingerprint density at radius 1 is 1.48 bits per heavy atom. The van der Waals surface area contributed by atoms with Gasteiger partial charge in [0.25, 0.3) is 0 Å². The number of hydrogen-bond acceptors (Lipinski definition) is 6. The number of nitrogens with one attached hydrogen (secondary N) is 1. The van der Waals surface area contributed by atoms with Crippen LogP contribution < -0.4 is 11.1 Å². The molecule has 118 valence electrons. The van der Waals surface area contributed by atoms with E-state index in [1.165, 1.54) is 6.20 Å². The van der Waals surface area contributed by atoms with Gasteiger partial charge >= 0.3 is 6.09 Å². The van der Waals surface area contributed by atoms with Crippen LogP contribution in [-0.2, 0) is 4.74 Å². The molecule has 0 fully saturated rings. The van der Waals surface area contributed by atoms with E-state index in [1.54, 1.807) is 32.9 Å². The van der Waals surface area contributed by atoms with E-state index in [-0.39, 0.29) is 18.8 Å². The van der Waals surface area contributed by atoms with Crippen molar-refractivity contribution in [2.24, 2.45) is 0 Å². The Morgan fingerprint density at radius 3 is 2.71 bits per heavy atom. The third-order valence-electron chi connectivity index (χ3n) is 2.66. The molecule has 1 aromatic rings. The highest BCUT2D eigenvalue weighted by Gasteiger charge is 2.21. The van der Waals surface area contributed by atoms with Gasteiger partial charge in [-0.15, -0.1) is 0 Å². The molecule has 1 aromatic heterocycles. The van der Waals surface area contributed by atoms with Crippen LogP contribution >= 0.6 is 0 Å². The van der Waals surface area contributed by atoms with Gasteiger partial charge in [-0.05, 0) is 33.3 Å². The van der Waals surface area contributed by atoms with E-state index in [2.05, 4.69) is 10.3 Å². The minimum Gasteiger partial charge on any atom is -0.444 e. The van der Waals surface area contributed by atoms with Crippen LogP contribution in [0.1, 0.15) is 38.9 Å². The number of carbonyl (C=O) groups is 1. The zero-order valence-electron chi connectivity index (χ0n) is 12.5. The summed E-state index contributed by atoms with van der Waals surface area (Å²) in [6.07, 6.45) is -1.12. The van der Waals surface area contributed by atoms with Crippen LogP contribution in [0, 0.1) is 0 Å². The lowest BCUT2D eigenvalue weighted by atomic mass is 10.0. The Hall–Kier alpha value is -1.86. The molecule has 7 nitrogen and oxygen atoms in total. The summed E-state index contributed by atoms with van der Waals surface area (Å²) in [6.45, 7) is 5.45. The molecular weight excluding hydrogens is 274 g/mol. The fourth-order valence-corrected chi connectivity index (χ4v) is 1.68. The van der Waals surface area contributed by atoms with Gasteiger partial charge in [0.15, 0.2) is 0 Å². The maximum absolute atomic E-state index is 11.4. The second-order valence-electron chi connectivity index (χ2n) is 5.71. The van der Waals surface area contributed by atoms with Crippen LogP contribution in [0.15, 0.2) is 18.3 Å². The molecular formula is C14H23N3O4. The van der Waals surface area contributed by atoms with Gasteiger partial charge < -0.3 is 26.0 Å². The summed E-state index contributed by atoms with van der Waals surface area (Å²) in [4.78, 5) is 15.3. The lowest BCUT2D eigenvalue weighted by Crippen LogP contribution is -2.34. The average molecular weight is 297 g/mol. The fourth-order valence-electron chi connectivity index (χ4n) is 1.68. The van der Waals surface area contributed by atoms with Gasteiger partial charge in [-0.3, -0.25) is 0 Å². The normalized spacial score (nSPS) is 14.3. The van der Waals surface area contributed by atoms with Gasteiger partial charge in [0.2, 0.25) is 0 Å². The molecule has 2 atom stereocenters. The Morgan fingerprint density at radius 2 is 2.14 bits per heavy atom. The summed E-state index contributed by atoms with van der Waals surface area (Å²) in [5, 5.41) is 22.4. The van der Waals surface area contributed by atoms with Crippen molar-refractivity contribution < 1.29 is 19.7 Å². The lowest BCUT2D eigenvalue weighted by molar-refractivity contribution is 0.0125. The molecule has 1 amide bonds. The average Bonchev–Trinajstić information content (AvgIpc) is 2.36. The van der Waals surface area contributed by atoms with Crippen molar-refractivity contribution in [1.29, 1.82) is 0 Å². The number of carbonyl (C=O) groups excluding carboxylic acids is 1. The van der Waals surface area contributed by atoms with Crippen LogP contribution in [0.2, 0.25) is 0 Å². The first kappa shape index (κ1) is 17.2. The molecule has 1 heterocycles. The lowest BCUT2D eigenvalue weighted by Gasteiger charge is -2.21. The van der Waals surface area contributed by atoms with Gasteiger partial charge in [0.1, 0.15) is 17.5 Å². The topological polar surface area (TPSA) is 118 Å². The van der Waals surface area contributed by atoms with Gasteiger partial charge in [0.05, 0.1) is 6.10 Å². The molecule has 0 aromatic carbocycles. The second kappa shape index (κ2) is 7.24. The van der Waals surface area contributed by atoms with Crippen LogP contribution in [0.3, 0.4) is 0 Å². The van der Waals surface area contributed by atoms with Crippen molar-refractivity contribution in [2.75, 3.05) is 12.3 Å². The Labute approximate surface area is 124 Å². The van der Waals surface area contributed by atoms with Crippen molar-refractivity contribution in [1.82, 2.24) is 10.3 Å². The van der Waals surface area contributed by atoms with Gasteiger partial charge in [0, 0.05) is 18.3 Å². The van der Waals surface area contributed by atoms with E-state index < -0.39 is 23.9 Å². The molecule has 0 spiro atoms. The molecule has 0 aliphatic rings. The third kappa shape index (κ3) is 5.97. The maximum Gasteiger partial charge on any atom is 0.407 e. The highest BCUT2D eigenvalue weighted by atomic mass is 16.6. The van der Waals surface area contributed by atoms with Gasteiger partial charge in [-0.1, -0.05) is 6.07 Å². The van der Waals surface area contributed by atoms with E-state index >= 15 is 0 Å². The third-order valence-corrected chi connectivity index (χ3v) is 2.66. The molecule has 7 heteroatoms. The summed E-state index contributed by atoms with van der Waals surface area (Å²) in [5.74, 6) is 0.171. The Bertz CT molecular complexity index is 474. The molecule has 0 radical (unpaired) electrons. The number of amides is 1. The zero-order chi connectivity index (χ0) is 16.0. The molecule has 2 unspecified atom stereocenters. The van der Waals surface area contributed by atoms with E-state index in [1.807, 2.05) is 0 Å². The summed E-state index contributed by atoms with van der Waals surface area (Å²) >= 11 is 0. The van der Waals surface area contributed by atoms with Crippen molar-refractivity contribution in [3.05, 3.63) is 23.9 Å². The van der Waals surface area contributed by atoms with Crippen LogP contribution in [0.4, 0.5) is 10.6 Å². The standard InChI is InChI=1S/C14H23N3O4/c1-14(2,3)21-13(20)17-8-6-10(18)11(19)9-5-4-7-16-12(9)15/h4-5,7,10-11,18-19H,6,8H2,1-3H3,(H2,15,16)(H,17,20). The van der Waals surface area contributed by atoms with Crippen molar-refractivity contribution >= 4 is 11.9 Å². The summed E-state index contributed by atoms with van der Waals surface area (Å²) in [5.41, 5.74) is 5.42. The van der Waals surface area contributed by atoms with E-state index in [0.29, 0.717) is 5.56 Å². The number of ether oxygens (including phenoxy) is 1. The molecule has 0 aliphatic carbocycles. The Balaban J connectivity index is 2.42. The quantitative estimate of drug-likeness (QED) is 0.643. The summed E-state index contributed by atoms with van der Waals surface area (Å²) in [7, 11) is 0. The summed E-state index contributed by atoms with van der Waals surface area (Å²) < 4.78 is 5.06. The largest absolute Gasteiger partial charge is 0.444 e. The molecule has 0 saturated heterocycles. The first-order chi connectivity index (χ1) is 9.70. The number of rotatable bonds is 5. The Kier molecular flexibility index (Phi) is 5.92. The SMILES string of the molecule is CC(C)(C)OC(=O)NCCC(O)C(O)c1cccnc1N. The fraction of sp³-hybridized carbons (Fsp3) is 0.571. The van der Waals surface area contributed by atoms with Gasteiger partial charge in [-0.25, -0.2) is 9.78 Å². The molecule has 1 rings (SSSR count). The summed E-state index contributed by atoms with van der Waals surface area (Å²) in [6, 6.07) is 3.22. The second-order valence-corrected chi connectivity index (χ2v) is 5.71. The highest BCUT2D eigenvalue weighted by Crippen LogP contribution is 2.22. The smallest absolute Gasteiger partial charge is 0.407 e. The van der Waals surface area contributed by atoms with E-state index in [9.17, 15) is 15.0 Å². The number of nitrogens with zero attached hydrogens (tertiary/aromatic N) is 1. The minimum atomic E-state index is -1.15. The number of aliphatic hydroxyl groups is 2. The number of anilines is 1. The molecule has 21 heavy (non-hydrogen) atoms. The first-order valence-corrected chi connectivity index (χ1v) is 6.74. The van der Waals surface area contributed by atoms with Crippen LogP contribution in [0.25, 0.3) is 0 Å². The van der Waals surface area contributed by atoms with Gasteiger partial charge in [-0.2, -0.15) is 0 Å². The number of aliphatic hydroxyl groups excluding tert-OH is 2. The van der Waals surface area contributed by atoms with Crippen molar-refractivity contribution in [3.63, 3.8) is 0 Å². The van der Waals surface area contributed by atoms with Crippen LogP contribution in [-0.4, -0.2) is 39.5 Å². The van der Waals surface area contributed by atoms with E-state index in [4.69, 9.17) is 10.5 Å². The molecule has 5 N–H and O–H groups in total. The molecule has 0 bridgehead atoms. The maximum atomic E-state index is 11.4. The molecule has 0 aliphatic heterocycles. The van der Waals surface area contributed by atoms with E-state index in [0.717, 1.165) is 0 Å². The van der Waals surface area contributed by atoms with Crippen LogP contribution in [0.5, 0.6) is 0 Å². The monoisotopic (exact) mass is 297 g/mol.